The molecule has 0 saturated carbocycles. The molecule has 0 spiro atoms. The summed E-state index contributed by atoms with van der Waals surface area (Å²) >= 11 is 0. The Morgan fingerprint density at radius 3 is 2.61 bits per heavy atom. The van der Waals surface area contributed by atoms with Crippen molar-refractivity contribution in [3.63, 3.8) is 0 Å². The van der Waals surface area contributed by atoms with Gasteiger partial charge in [0.05, 0.1) is 6.54 Å². The van der Waals surface area contributed by atoms with Gasteiger partial charge in [0.1, 0.15) is 5.76 Å². The molecule has 1 fully saturated rings. The third-order valence-electron chi connectivity index (χ3n) is 4.89. The van der Waals surface area contributed by atoms with Crippen LogP contribution in [0.5, 0.6) is 0 Å². The monoisotopic (exact) mass is 378 g/mol. The van der Waals surface area contributed by atoms with Gasteiger partial charge in [-0.05, 0) is 29.8 Å². The summed E-state index contributed by atoms with van der Waals surface area (Å²) in [5, 5.41) is 0. The summed E-state index contributed by atoms with van der Waals surface area (Å²) in [5.74, 6) is 0.805. The summed E-state index contributed by atoms with van der Waals surface area (Å²) < 4.78 is 7.25. The van der Waals surface area contributed by atoms with Gasteiger partial charge in [-0.15, -0.1) is 0 Å². The Morgan fingerprint density at radius 1 is 1.00 bits per heavy atom. The third kappa shape index (κ3) is 4.20. The Bertz CT molecular complexity index is 988. The van der Waals surface area contributed by atoms with Gasteiger partial charge in [-0.1, -0.05) is 12.1 Å². The summed E-state index contributed by atoms with van der Waals surface area (Å²) in [6.07, 6.45) is 5.35. The zero-order valence-corrected chi connectivity index (χ0v) is 15.5. The first-order valence-electron chi connectivity index (χ1n) is 9.34. The maximum Gasteiger partial charge on any atom is 0.289 e. The van der Waals surface area contributed by atoms with Crippen LogP contribution in [0.1, 0.15) is 21.9 Å². The second-order valence-electron chi connectivity index (χ2n) is 6.86. The number of rotatable bonds is 5. The van der Waals surface area contributed by atoms with Gasteiger partial charge in [-0.25, -0.2) is 0 Å². The van der Waals surface area contributed by atoms with Crippen LogP contribution in [0, 0.1) is 0 Å². The number of pyridine rings is 2. The lowest BCUT2D eigenvalue weighted by molar-refractivity contribution is 0.0595. The fraction of sp³-hybridized carbons (Fsp3) is 0.286. The molecule has 28 heavy (non-hydrogen) atoms. The molecule has 1 aliphatic heterocycles. The van der Waals surface area contributed by atoms with Gasteiger partial charge in [-0.2, -0.15) is 0 Å². The van der Waals surface area contributed by atoms with E-state index in [4.69, 9.17) is 4.42 Å². The summed E-state index contributed by atoms with van der Waals surface area (Å²) in [5.41, 5.74) is 1.07. The van der Waals surface area contributed by atoms with E-state index in [9.17, 15) is 9.59 Å². The van der Waals surface area contributed by atoms with Crippen molar-refractivity contribution < 1.29 is 9.21 Å². The molecule has 4 heterocycles. The summed E-state index contributed by atoms with van der Waals surface area (Å²) in [7, 11) is 0. The molecular formula is C21H22N4O3. The summed E-state index contributed by atoms with van der Waals surface area (Å²) in [6.45, 7) is 4.10. The molecule has 1 saturated heterocycles. The SMILES string of the molecule is O=C(c1ccc(Cn2ccccc2=O)o1)N1CCN(Cc2cccnc2)CC1. The van der Waals surface area contributed by atoms with Crippen LogP contribution in [0.25, 0.3) is 0 Å². The van der Waals surface area contributed by atoms with Crippen molar-refractivity contribution in [2.24, 2.45) is 0 Å². The molecule has 7 heteroatoms. The molecule has 7 nitrogen and oxygen atoms in total. The molecule has 3 aromatic rings. The van der Waals surface area contributed by atoms with Crippen molar-refractivity contribution in [1.29, 1.82) is 0 Å². The number of furan rings is 1. The minimum Gasteiger partial charge on any atom is -0.454 e. The quantitative estimate of drug-likeness (QED) is 0.678. The predicted octanol–water partition coefficient (Wildman–Crippen LogP) is 1.84. The first kappa shape index (κ1) is 18.2. The highest BCUT2D eigenvalue weighted by Crippen LogP contribution is 2.14. The van der Waals surface area contributed by atoms with Crippen LogP contribution in [-0.4, -0.2) is 51.4 Å². The van der Waals surface area contributed by atoms with E-state index in [1.165, 1.54) is 11.6 Å². The van der Waals surface area contributed by atoms with Crippen LogP contribution in [0.15, 0.2) is 70.3 Å². The molecule has 0 atom stereocenters. The van der Waals surface area contributed by atoms with Crippen LogP contribution >= 0.6 is 0 Å². The largest absolute Gasteiger partial charge is 0.454 e. The van der Waals surface area contributed by atoms with Gasteiger partial charge >= 0.3 is 0 Å². The van der Waals surface area contributed by atoms with Gasteiger partial charge in [0, 0.05) is 57.4 Å². The Morgan fingerprint density at radius 2 is 1.86 bits per heavy atom. The fourth-order valence-corrected chi connectivity index (χ4v) is 3.35. The van der Waals surface area contributed by atoms with Crippen molar-refractivity contribution in [2.75, 3.05) is 26.2 Å². The van der Waals surface area contributed by atoms with E-state index in [-0.39, 0.29) is 11.5 Å². The topological polar surface area (TPSA) is 71.6 Å². The Hall–Kier alpha value is -3.19. The Labute approximate surface area is 162 Å². The lowest BCUT2D eigenvalue weighted by Crippen LogP contribution is -2.48. The standard InChI is InChI=1S/C21H22N4O3/c26-20-5-1-2-9-25(20)16-18-6-7-19(28-18)21(27)24-12-10-23(11-13-24)15-17-4-3-8-22-14-17/h1-9,14H,10-13,15-16H2. The molecule has 0 N–H and O–H groups in total. The van der Waals surface area contributed by atoms with Crippen LogP contribution in [0.3, 0.4) is 0 Å². The van der Waals surface area contributed by atoms with Crippen molar-refractivity contribution in [1.82, 2.24) is 19.4 Å². The Kier molecular flexibility index (Phi) is 5.34. The van der Waals surface area contributed by atoms with Crippen LogP contribution in [0.4, 0.5) is 0 Å². The lowest BCUT2D eigenvalue weighted by Gasteiger charge is -2.34. The maximum atomic E-state index is 12.7. The maximum absolute atomic E-state index is 12.7. The van der Waals surface area contributed by atoms with Gasteiger partial charge < -0.3 is 13.9 Å². The van der Waals surface area contributed by atoms with Crippen LogP contribution in [-0.2, 0) is 13.1 Å². The molecule has 1 amide bonds. The first-order chi connectivity index (χ1) is 13.7. The molecule has 0 aliphatic carbocycles. The van der Waals surface area contributed by atoms with E-state index in [0.717, 1.165) is 19.6 Å². The number of hydrogen-bond acceptors (Lipinski definition) is 5. The fourth-order valence-electron chi connectivity index (χ4n) is 3.35. The van der Waals surface area contributed by atoms with E-state index in [0.29, 0.717) is 31.2 Å². The first-order valence-corrected chi connectivity index (χ1v) is 9.34. The van der Waals surface area contributed by atoms with Gasteiger partial charge in [0.2, 0.25) is 0 Å². The highest BCUT2D eigenvalue weighted by atomic mass is 16.4. The number of carbonyl (C=O) groups is 1. The second kappa shape index (κ2) is 8.22. The van der Waals surface area contributed by atoms with E-state index in [2.05, 4.69) is 16.0 Å². The molecule has 3 aromatic heterocycles. The smallest absolute Gasteiger partial charge is 0.289 e. The number of amides is 1. The third-order valence-corrected chi connectivity index (χ3v) is 4.89. The van der Waals surface area contributed by atoms with Gasteiger partial charge in [0.25, 0.3) is 11.5 Å². The second-order valence-corrected chi connectivity index (χ2v) is 6.86. The number of piperazine rings is 1. The van der Waals surface area contributed by atoms with Crippen molar-refractivity contribution in [3.8, 4) is 0 Å². The lowest BCUT2D eigenvalue weighted by atomic mass is 10.2. The van der Waals surface area contributed by atoms with Crippen LogP contribution < -0.4 is 5.56 Å². The normalized spacial score (nSPS) is 14.9. The van der Waals surface area contributed by atoms with Crippen molar-refractivity contribution >= 4 is 5.91 Å². The predicted molar refractivity (Wildman–Crippen MR) is 104 cm³/mol. The molecule has 0 unspecified atom stereocenters. The summed E-state index contributed by atoms with van der Waals surface area (Å²) in [6, 6.07) is 12.4. The molecular weight excluding hydrogens is 356 g/mol. The van der Waals surface area contributed by atoms with Gasteiger partial charge in [0.15, 0.2) is 5.76 Å². The zero-order valence-electron chi connectivity index (χ0n) is 15.5. The van der Waals surface area contributed by atoms with E-state index in [1.807, 2.05) is 17.2 Å². The highest BCUT2D eigenvalue weighted by Gasteiger charge is 2.24. The van der Waals surface area contributed by atoms with Crippen molar-refractivity contribution in [2.45, 2.75) is 13.1 Å². The Balaban J connectivity index is 1.34. The molecule has 0 bridgehead atoms. The number of carbonyl (C=O) groups excluding carboxylic acids is 1. The van der Waals surface area contributed by atoms with Gasteiger partial charge in [-0.3, -0.25) is 19.5 Å². The average molecular weight is 378 g/mol. The summed E-state index contributed by atoms with van der Waals surface area (Å²) in [4.78, 5) is 32.8. The average Bonchev–Trinajstić information content (AvgIpc) is 3.19. The zero-order chi connectivity index (χ0) is 19.3. The molecule has 144 valence electrons. The van der Waals surface area contributed by atoms with E-state index < -0.39 is 0 Å². The number of hydrogen-bond donors (Lipinski definition) is 0. The minimum atomic E-state index is -0.104. The molecule has 0 aromatic carbocycles. The van der Waals surface area contributed by atoms with Crippen molar-refractivity contribution in [3.05, 3.63) is 88.5 Å². The van der Waals surface area contributed by atoms with E-state index >= 15 is 0 Å². The molecule has 1 aliphatic rings. The molecule has 4 rings (SSSR count). The van der Waals surface area contributed by atoms with E-state index in [1.54, 1.807) is 41.2 Å². The minimum absolute atomic E-state index is 0.100. The molecule has 0 radical (unpaired) electrons. The number of nitrogens with zero attached hydrogens (tertiary/aromatic N) is 4. The van der Waals surface area contributed by atoms with Crippen LogP contribution in [0.2, 0.25) is 0 Å². The number of aromatic nitrogens is 2. The highest BCUT2D eigenvalue weighted by molar-refractivity contribution is 5.91.